The molecule has 0 aromatic heterocycles. The van der Waals surface area contributed by atoms with Crippen LogP contribution in [0.2, 0.25) is 0 Å². The third-order valence-electron chi connectivity index (χ3n) is 8.46. The molecule has 4 N–H and O–H groups in total. The average Bonchev–Trinajstić information content (AvgIpc) is 3.50. The van der Waals surface area contributed by atoms with Crippen LogP contribution in [0.5, 0.6) is 0 Å². The highest BCUT2D eigenvalue weighted by atomic mass is 16.3. The number of hydrogen-bond acceptors (Lipinski definition) is 6. The number of nitriles is 1. The van der Waals surface area contributed by atoms with Gasteiger partial charge in [-0.2, -0.15) is 5.26 Å². The van der Waals surface area contributed by atoms with Gasteiger partial charge in [-0.25, -0.2) is 0 Å². The second-order valence-electron chi connectivity index (χ2n) is 12.9. The predicted molar refractivity (Wildman–Crippen MR) is 146 cm³/mol. The molecule has 1 aromatic rings. The number of rotatable bonds is 8. The minimum absolute atomic E-state index is 0.0376. The van der Waals surface area contributed by atoms with E-state index in [1.165, 1.54) is 4.90 Å². The van der Waals surface area contributed by atoms with E-state index >= 15 is 0 Å². The van der Waals surface area contributed by atoms with E-state index in [0.29, 0.717) is 23.7 Å². The molecule has 2 saturated carbocycles. The molecule has 1 saturated heterocycles. The first-order valence-electron chi connectivity index (χ1n) is 14.1. The first kappa shape index (κ1) is 27.4. The van der Waals surface area contributed by atoms with Crippen molar-refractivity contribution in [3.63, 3.8) is 0 Å². The molecule has 4 aliphatic rings. The zero-order chi connectivity index (χ0) is 27.9. The zero-order valence-corrected chi connectivity index (χ0v) is 23.0. The molecular weight excluding hydrogens is 494 g/mol. The molecule has 4 atom stereocenters. The molecule has 39 heavy (non-hydrogen) atoms. The molecule has 1 spiro atoms. The summed E-state index contributed by atoms with van der Waals surface area (Å²) in [6, 6.07) is 8.05. The fourth-order valence-electron chi connectivity index (χ4n) is 5.93. The van der Waals surface area contributed by atoms with Crippen molar-refractivity contribution in [1.82, 2.24) is 15.5 Å². The van der Waals surface area contributed by atoms with Gasteiger partial charge in [0.1, 0.15) is 12.3 Å². The van der Waals surface area contributed by atoms with Crippen LogP contribution in [0.3, 0.4) is 0 Å². The minimum Gasteiger partial charge on any atom is -0.373 e. The number of fused-ring (bicyclic) bond motifs is 2. The molecule has 3 fully saturated rings. The average molecular weight is 534 g/mol. The van der Waals surface area contributed by atoms with E-state index in [9.17, 15) is 24.8 Å². The molecule has 208 valence electrons. The van der Waals surface area contributed by atoms with Gasteiger partial charge in [-0.05, 0) is 55.1 Å². The summed E-state index contributed by atoms with van der Waals surface area (Å²) in [6.45, 7) is 6.12. The highest BCUT2D eigenvalue weighted by molar-refractivity contribution is 6.07. The third-order valence-corrected chi connectivity index (χ3v) is 8.46. The van der Waals surface area contributed by atoms with E-state index in [0.717, 1.165) is 37.7 Å². The van der Waals surface area contributed by atoms with Crippen molar-refractivity contribution in [2.24, 2.45) is 17.3 Å². The predicted octanol–water partition coefficient (Wildman–Crippen LogP) is 2.92. The van der Waals surface area contributed by atoms with Crippen LogP contribution in [0.25, 0.3) is 0 Å². The van der Waals surface area contributed by atoms with Gasteiger partial charge in [-0.1, -0.05) is 51.5 Å². The monoisotopic (exact) mass is 533 g/mol. The van der Waals surface area contributed by atoms with Gasteiger partial charge >= 0.3 is 0 Å². The van der Waals surface area contributed by atoms with Crippen LogP contribution in [0.15, 0.2) is 36.0 Å². The number of allylic oxidation sites excluding steroid dienone is 1. The number of anilines is 1. The van der Waals surface area contributed by atoms with Crippen molar-refractivity contribution in [2.45, 2.75) is 89.4 Å². The highest BCUT2D eigenvalue weighted by Gasteiger charge is 2.56. The van der Waals surface area contributed by atoms with Crippen LogP contribution in [0.4, 0.5) is 5.69 Å². The van der Waals surface area contributed by atoms with Crippen LogP contribution < -0.4 is 16.0 Å². The number of amides is 3. The van der Waals surface area contributed by atoms with Gasteiger partial charge in [0.15, 0.2) is 0 Å². The van der Waals surface area contributed by atoms with E-state index in [1.54, 1.807) is 0 Å². The lowest BCUT2D eigenvalue weighted by Crippen LogP contribution is -2.54. The van der Waals surface area contributed by atoms with Crippen LogP contribution in [0.1, 0.15) is 71.3 Å². The molecular formula is C30H39N5O4. The summed E-state index contributed by atoms with van der Waals surface area (Å²) in [4.78, 5) is 41.5. The summed E-state index contributed by atoms with van der Waals surface area (Å²) in [6.07, 6.45) is 5.98. The maximum Gasteiger partial charge on any atom is 0.240 e. The fourth-order valence-corrected chi connectivity index (χ4v) is 5.93. The van der Waals surface area contributed by atoms with E-state index in [2.05, 4.69) is 22.0 Å². The largest absolute Gasteiger partial charge is 0.373 e. The molecule has 1 unspecified atom stereocenters. The Morgan fingerprint density at radius 2 is 1.97 bits per heavy atom. The molecule has 2 heterocycles. The Morgan fingerprint density at radius 1 is 1.26 bits per heavy atom. The van der Waals surface area contributed by atoms with Gasteiger partial charge in [0, 0.05) is 24.6 Å². The molecule has 2 aliphatic carbocycles. The SMILES string of the molecule is CC(C)(C)C[C@H](NC(O)/C(=C\C1CC1)NC(=O)C1CCC1)C(=O)N1C[C@]2(C[C@H]1C#N)C(=O)Nc1ccccc12. The third kappa shape index (κ3) is 5.59. The molecule has 0 radical (unpaired) electrons. The first-order chi connectivity index (χ1) is 18.5. The smallest absolute Gasteiger partial charge is 0.240 e. The Balaban J connectivity index is 1.38. The van der Waals surface area contributed by atoms with Crippen LogP contribution >= 0.6 is 0 Å². The standard InChI is InChI=1S/C30H39N5O4/c1-29(2,3)15-24(33-26(37)23(13-18-11-12-18)32-25(36)19-7-6-8-19)27(38)35-17-30(14-20(35)16-31)21-9-4-5-10-22(21)34-28(30)39/h4-5,9-10,13,18-20,24,26,33,37H,6-8,11-12,14-15,17H2,1-3H3,(H,32,36)(H,34,39)/b23-13+/t20-,24-,26?,30-/m0/s1. The van der Waals surface area contributed by atoms with Crippen molar-refractivity contribution < 1.29 is 19.5 Å². The van der Waals surface area contributed by atoms with Crippen molar-refractivity contribution in [3.8, 4) is 6.07 Å². The molecule has 5 rings (SSSR count). The van der Waals surface area contributed by atoms with E-state index in [1.807, 2.05) is 51.1 Å². The number of aliphatic hydroxyl groups excluding tert-OH is 1. The summed E-state index contributed by atoms with van der Waals surface area (Å²) in [5.41, 5.74) is 0.648. The molecule has 0 bridgehead atoms. The number of carbonyl (C=O) groups excluding carboxylic acids is 3. The van der Waals surface area contributed by atoms with Crippen molar-refractivity contribution in [3.05, 3.63) is 41.6 Å². The summed E-state index contributed by atoms with van der Waals surface area (Å²) in [5, 5.41) is 30.2. The van der Waals surface area contributed by atoms with Gasteiger partial charge in [-0.15, -0.1) is 0 Å². The number of aliphatic hydroxyl groups is 1. The minimum atomic E-state index is -1.25. The van der Waals surface area contributed by atoms with Crippen LogP contribution in [0, 0.1) is 28.6 Å². The van der Waals surface area contributed by atoms with E-state index < -0.39 is 23.7 Å². The van der Waals surface area contributed by atoms with Crippen molar-refractivity contribution >= 4 is 23.4 Å². The van der Waals surface area contributed by atoms with Gasteiger partial charge in [0.25, 0.3) is 0 Å². The quantitative estimate of drug-likeness (QED) is 0.380. The summed E-state index contributed by atoms with van der Waals surface area (Å²) < 4.78 is 0. The van der Waals surface area contributed by atoms with E-state index in [-0.39, 0.29) is 42.0 Å². The molecule has 1 aromatic carbocycles. The number of para-hydroxylation sites is 1. The lowest BCUT2D eigenvalue weighted by Gasteiger charge is -2.33. The van der Waals surface area contributed by atoms with Crippen molar-refractivity contribution in [2.75, 3.05) is 11.9 Å². The maximum atomic E-state index is 14.1. The zero-order valence-electron chi connectivity index (χ0n) is 23.0. The summed E-state index contributed by atoms with van der Waals surface area (Å²) in [7, 11) is 0. The molecule has 9 heteroatoms. The van der Waals surface area contributed by atoms with Gasteiger partial charge in [0.05, 0.1) is 23.2 Å². The number of benzene rings is 1. The lowest BCUT2D eigenvalue weighted by atomic mass is 9.80. The lowest BCUT2D eigenvalue weighted by molar-refractivity contribution is -0.135. The van der Waals surface area contributed by atoms with E-state index in [4.69, 9.17) is 0 Å². The second-order valence-corrected chi connectivity index (χ2v) is 12.9. The number of likely N-dealkylation sites (tertiary alicyclic amines) is 1. The normalized spacial score (nSPS) is 26.4. The Kier molecular flexibility index (Phi) is 7.29. The number of carbonyl (C=O) groups is 3. The molecule has 2 aliphatic heterocycles. The second kappa shape index (κ2) is 10.4. The highest BCUT2D eigenvalue weighted by Crippen LogP contribution is 2.46. The molecule has 9 nitrogen and oxygen atoms in total. The first-order valence-corrected chi connectivity index (χ1v) is 14.1. The maximum absolute atomic E-state index is 14.1. The number of nitrogens with one attached hydrogen (secondary N) is 3. The Labute approximate surface area is 230 Å². The topological polar surface area (TPSA) is 135 Å². The number of nitrogens with zero attached hydrogens (tertiary/aromatic N) is 2. The van der Waals surface area contributed by atoms with Gasteiger partial charge in [0.2, 0.25) is 17.7 Å². The molecule has 3 amide bonds. The Morgan fingerprint density at radius 3 is 2.59 bits per heavy atom. The number of hydrogen-bond donors (Lipinski definition) is 4. The van der Waals surface area contributed by atoms with Gasteiger partial charge in [-0.3, -0.25) is 19.7 Å². The van der Waals surface area contributed by atoms with Crippen LogP contribution in [-0.2, 0) is 19.8 Å². The fraction of sp³-hybridized carbons (Fsp3) is 0.600. The Bertz CT molecular complexity index is 1220. The summed E-state index contributed by atoms with van der Waals surface area (Å²) >= 11 is 0. The summed E-state index contributed by atoms with van der Waals surface area (Å²) in [5.74, 6) is -0.361. The van der Waals surface area contributed by atoms with Crippen molar-refractivity contribution in [1.29, 1.82) is 5.26 Å². The Hall–Kier alpha value is -3.22. The van der Waals surface area contributed by atoms with Crippen LogP contribution in [-0.4, -0.2) is 52.6 Å². The van der Waals surface area contributed by atoms with Gasteiger partial charge < -0.3 is 20.6 Å².